The van der Waals surface area contributed by atoms with Gasteiger partial charge in [0.15, 0.2) is 5.96 Å². The molecule has 0 saturated carbocycles. The van der Waals surface area contributed by atoms with Crippen LogP contribution in [-0.4, -0.2) is 95.1 Å². The van der Waals surface area contributed by atoms with Crippen LogP contribution in [0.25, 0.3) is 0 Å². The number of rotatable bonds is 7. The van der Waals surface area contributed by atoms with Gasteiger partial charge in [-0.3, -0.25) is 0 Å². The van der Waals surface area contributed by atoms with Crippen molar-refractivity contribution < 1.29 is 13.2 Å². The summed E-state index contributed by atoms with van der Waals surface area (Å²) < 4.78 is 33.6. The molecule has 1 aromatic rings. The molecule has 0 aliphatic carbocycles. The molecule has 2 heterocycles. The molecule has 1 unspecified atom stereocenters. The number of guanidine groups is 1. The van der Waals surface area contributed by atoms with Gasteiger partial charge in [-0.2, -0.15) is 4.31 Å². The number of piperazine rings is 1. The Kier molecular flexibility index (Phi) is 8.10. The van der Waals surface area contributed by atoms with Crippen molar-refractivity contribution >= 4 is 16.0 Å². The van der Waals surface area contributed by atoms with E-state index < -0.39 is 10.0 Å². The fraction of sp³-hybridized carbons (Fsp3) is 0.667. The van der Waals surface area contributed by atoms with Crippen molar-refractivity contribution in [1.82, 2.24) is 19.4 Å². The molecule has 0 aromatic heterocycles. The van der Waals surface area contributed by atoms with E-state index in [0.29, 0.717) is 30.4 Å². The van der Waals surface area contributed by atoms with Gasteiger partial charge in [-0.15, -0.1) is 0 Å². The number of aliphatic imine (C=N–C) groups is 1. The highest BCUT2D eigenvalue weighted by Crippen LogP contribution is 2.22. The number of likely N-dealkylation sites (N-methyl/N-ethyl adjacent to an activating group) is 1. The third kappa shape index (κ3) is 5.72. The summed E-state index contributed by atoms with van der Waals surface area (Å²) in [6.07, 6.45) is 1.07. The average molecular weight is 438 g/mol. The monoisotopic (exact) mass is 437 g/mol. The number of hydrogen-bond donors (Lipinski definition) is 1. The molecule has 0 bridgehead atoms. The number of nitrogens with zero attached hydrogens (tertiary/aromatic N) is 4. The second-order valence-corrected chi connectivity index (χ2v) is 10.0. The Morgan fingerprint density at radius 3 is 2.67 bits per heavy atom. The van der Waals surface area contributed by atoms with Gasteiger partial charge < -0.3 is 19.9 Å². The number of sulfonamides is 1. The predicted molar refractivity (Wildman–Crippen MR) is 119 cm³/mol. The lowest BCUT2D eigenvalue weighted by atomic mass is 10.1. The van der Waals surface area contributed by atoms with E-state index in [2.05, 4.69) is 15.1 Å². The third-order valence-corrected chi connectivity index (χ3v) is 7.70. The zero-order valence-corrected chi connectivity index (χ0v) is 19.2. The van der Waals surface area contributed by atoms with Gasteiger partial charge in [0, 0.05) is 58.8 Å². The van der Waals surface area contributed by atoms with E-state index >= 15 is 0 Å². The highest BCUT2D eigenvalue weighted by molar-refractivity contribution is 7.89. The Bertz CT molecular complexity index is 816. The van der Waals surface area contributed by atoms with Gasteiger partial charge in [-0.1, -0.05) is 18.2 Å². The van der Waals surface area contributed by atoms with Gasteiger partial charge in [-0.05, 0) is 32.0 Å². The predicted octanol–water partition coefficient (Wildman–Crippen LogP) is 1.06. The van der Waals surface area contributed by atoms with Crippen LogP contribution in [0.3, 0.4) is 0 Å². The number of benzene rings is 1. The molecular formula is C21H35N5O3S. The first-order chi connectivity index (χ1) is 14.4. The first kappa shape index (κ1) is 23.0. The smallest absolute Gasteiger partial charge is 0.243 e. The first-order valence-electron chi connectivity index (χ1n) is 10.8. The van der Waals surface area contributed by atoms with Crippen molar-refractivity contribution in [3.8, 4) is 0 Å². The van der Waals surface area contributed by atoms with Crippen LogP contribution in [0.4, 0.5) is 0 Å². The number of ether oxygens (including phenoxy) is 1. The molecule has 2 saturated heterocycles. The third-order valence-electron chi connectivity index (χ3n) is 5.70. The summed E-state index contributed by atoms with van der Waals surface area (Å²) in [5.41, 5.74) is 0.726. The lowest BCUT2D eigenvalue weighted by Crippen LogP contribution is -2.47. The van der Waals surface area contributed by atoms with Crippen LogP contribution in [0.15, 0.2) is 34.2 Å². The SMILES string of the molecule is CCNC(=NCc1ccccc1S(=O)(=O)N1CCN(C)CC1)N(C)CC1CCOC1. The second kappa shape index (κ2) is 10.6. The molecule has 2 aliphatic heterocycles. The molecule has 1 atom stereocenters. The molecule has 30 heavy (non-hydrogen) atoms. The highest BCUT2D eigenvalue weighted by atomic mass is 32.2. The molecule has 0 amide bonds. The lowest BCUT2D eigenvalue weighted by molar-refractivity contribution is 0.181. The van der Waals surface area contributed by atoms with Crippen molar-refractivity contribution in [3.05, 3.63) is 29.8 Å². The summed E-state index contributed by atoms with van der Waals surface area (Å²) in [7, 11) is 0.509. The standard InChI is InChI=1S/C21H35N5O3S/c1-4-22-21(25(3)16-18-9-14-29-17-18)23-15-19-7-5-6-8-20(19)30(27,28)26-12-10-24(2)11-13-26/h5-8,18H,4,9-17H2,1-3H3,(H,22,23). The largest absolute Gasteiger partial charge is 0.381 e. The molecular weight excluding hydrogens is 402 g/mol. The number of hydrogen-bond acceptors (Lipinski definition) is 5. The summed E-state index contributed by atoms with van der Waals surface area (Å²) in [5.74, 6) is 1.29. The molecule has 2 fully saturated rings. The average Bonchev–Trinajstić information content (AvgIpc) is 3.24. The van der Waals surface area contributed by atoms with Crippen molar-refractivity contribution in [2.24, 2.45) is 10.9 Å². The van der Waals surface area contributed by atoms with E-state index in [9.17, 15) is 8.42 Å². The second-order valence-electron chi connectivity index (χ2n) is 8.10. The zero-order chi connectivity index (χ0) is 21.6. The Morgan fingerprint density at radius 2 is 2.00 bits per heavy atom. The summed E-state index contributed by atoms with van der Waals surface area (Å²) in [5, 5.41) is 3.32. The summed E-state index contributed by atoms with van der Waals surface area (Å²) >= 11 is 0. The Balaban J connectivity index is 1.76. The fourth-order valence-corrected chi connectivity index (χ4v) is 5.52. The Morgan fingerprint density at radius 1 is 1.27 bits per heavy atom. The van der Waals surface area contributed by atoms with E-state index in [1.807, 2.05) is 33.2 Å². The minimum absolute atomic E-state index is 0.316. The van der Waals surface area contributed by atoms with E-state index in [-0.39, 0.29) is 0 Å². The van der Waals surface area contributed by atoms with Crippen LogP contribution in [0.1, 0.15) is 18.9 Å². The van der Waals surface area contributed by atoms with E-state index in [0.717, 1.165) is 57.3 Å². The summed E-state index contributed by atoms with van der Waals surface area (Å²) in [6, 6.07) is 7.22. The zero-order valence-electron chi connectivity index (χ0n) is 18.4. The minimum Gasteiger partial charge on any atom is -0.381 e. The highest BCUT2D eigenvalue weighted by Gasteiger charge is 2.29. The van der Waals surface area contributed by atoms with Gasteiger partial charge in [0.05, 0.1) is 18.0 Å². The van der Waals surface area contributed by atoms with Gasteiger partial charge in [0.2, 0.25) is 10.0 Å². The first-order valence-corrected chi connectivity index (χ1v) is 12.2. The Hall–Kier alpha value is -1.68. The topological polar surface area (TPSA) is 77.5 Å². The molecule has 8 nitrogen and oxygen atoms in total. The summed E-state index contributed by atoms with van der Waals surface area (Å²) in [6.45, 7) is 8.12. The maximum atomic E-state index is 13.3. The van der Waals surface area contributed by atoms with Crippen LogP contribution in [0.2, 0.25) is 0 Å². The maximum absolute atomic E-state index is 13.3. The van der Waals surface area contributed by atoms with Crippen LogP contribution >= 0.6 is 0 Å². The molecule has 2 aliphatic rings. The quantitative estimate of drug-likeness (QED) is 0.508. The van der Waals surface area contributed by atoms with Crippen molar-refractivity contribution in [3.63, 3.8) is 0 Å². The maximum Gasteiger partial charge on any atom is 0.243 e. The van der Waals surface area contributed by atoms with Gasteiger partial charge in [0.1, 0.15) is 0 Å². The summed E-state index contributed by atoms with van der Waals surface area (Å²) in [4.78, 5) is 9.38. The van der Waals surface area contributed by atoms with E-state index in [1.54, 1.807) is 16.4 Å². The Labute approximate surface area is 180 Å². The fourth-order valence-electron chi connectivity index (χ4n) is 3.88. The molecule has 9 heteroatoms. The minimum atomic E-state index is -3.53. The molecule has 168 valence electrons. The molecule has 1 aromatic carbocycles. The van der Waals surface area contributed by atoms with Gasteiger partial charge >= 0.3 is 0 Å². The van der Waals surface area contributed by atoms with E-state index in [1.165, 1.54) is 0 Å². The molecule has 1 N–H and O–H groups in total. The van der Waals surface area contributed by atoms with Crippen molar-refractivity contribution in [2.45, 2.75) is 24.8 Å². The van der Waals surface area contributed by atoms with Crippen LogP contribution < -0.4 is 5.32 Å². The van der Waals surface area contributed by atoms with Crippen LogP contribution in [0, 0.1) is 5.92 Å². The van der Waals surface area contributed by atoms with Crippen LogP contribution in [-0.2, 0) is 21.3 Å². The van der Waals surface area contributed by atoms with Gasteiger partial charge in [-0.25, -0.2) is 13.4 Å². The number of nitrogens with one attached hydrogen (secondary N) is 1. The lowest BCUT2D eigenvalue weighted by Gasteiger charge is -2.32. The van der Waals surface area contributed by atoms with Gasteiger partial charge in [0.25, 0.3) is 0 Å². The van der Waals surface area contributed by atoms with Crippen molar-refractivity contribution in [1.29, 1.82) is 0 Å². The molecule has 0 radical (unpaired) electrons. The van der Waals surface area contributed by atoms with E-state index in [4.69, 9.17) is 9.73 Å². The molecule has 3 rings (SSSR count). The van der Waals surface area contributed by atoms with Crippen LogP contribution in [0.5, 0.6) is 0 Å². The molecule has 0 spiro atoms. The van der Waals surface area contributed by atoms with Crippen molar-refractivity contribution in [2.75, 3.05) is 66.6 Å². The normalized spacial score (nSPS) is 21.7.